The van der Waals surface area contributed by atoms with E-state index in [2.05, 4.69) is 20.9 Å². The van der Waals surface area contributed by atoms with E-state index in [-0.39, 0.29) is 23.7 Å². The molecule has 8 heteroatoms. The number of aliphatic hydroxyl groups excluding tert-OH is 1. The van der Waals surface area contributed by atoms with Gasteiger partial charge in [-0.05, 0) is 36.8 Å². The number of carbonyl (C=O) groups is 3. The van der Waals surface area contributed by atoms with Crippen molar-refractivity contribution in [3.63, 3.8) is 0 Å². The number of aromatic nitrogens is 1. The summed E-state index contributed by atoms with van der Waals surface area (Å²) in [6, 6.07) is 9.93. The molecule has 1 heterocycles. The highest BCUT2D eigenvalue weighted by atomic mass is 16.3. The standard InChI is InChI=1S/C18H20N4O4/c1-12(23)10-20-17(25)18(26)22-15-5-3-2-4-14(15)16(24)21-11-13-6-8-19-9-7-13/h2-9,12,23H,10-11H2,1H3,(H,20,25)(H,21,24)(H,22,26). The van der Waals surface area contributed by atoms with Crippen LogP contribution in [0.1, 0.15) is 22.8 Å². The van der Waals surface area contributed by atoms with Gasteiger partial charge in [0.15, 0.2) is 0 Å². The number of carbonyl (C=O) groups excluding carboxylic acids is 3. The number of benzene rings is 1. The molecule has 2 aromatic rings. The van der Waals surface area contributed by atoms with E-state index in [1.807, 2.05) is 0 Å². The van der Waals surface area contributed by atoms with Gasteiger partial charge in [-0.1, -0.05) is 12.1 Å². The first-order valence-corrected chi connectivity index (χ1v) is 8.00. The van der Waals surface area contributed by atoms with Crippen LogP contribution in [0.5, 0.6) is 0 Å². The lowest BCUT2D eigenvalue weighted by Crippen LogP contribution is -2.39. The molecule has 8 nitrogen and oxygen atoms in total. The summed E-state index contributed by atoms with van der Waals surface area (Å²) in [5.41, 5.74) is 1.34. The van der Waals surface area contributed by atoms with Crippen LogP contribution in [0.4, 0.5) is 5.69 Å². The number of pyridine rings is 1. The zero-order chi connectivity index (χ0) is 18.9. The molecule has 0 aliphatic rings. The van der Waals surface area contributed by atoms with Crippen molar-refractivity contribution in [2.45, 2.75) is 19.6 Å². The van der Waals surface area contributed by atoms with E-state index in [4.69, 9.17) is 5.11 Å². The quantitative estimate of drug-likeness (QED) is 0.560. The molecule has 0 aliphatic heterocycles. The molecule has 1 atom stereocenters. The van der Waals surface area contributed by atoms with Gasteiger partial charge in [0.05, 0.1) is 17.4 Å². The Balaban J connectivity index is 2.01. The summed E-state index contributed by atoms with van der Waals surface area (Å²) < 4.78 is 0. The fourth-order valence-corrected chi connectivity index (χ4v) is 2.07. The van der Waals surface area contributed by atoms with E-state index in [0.717, 1.165) is 5.56 Å². The van der Waals surface area contributed by atoms with Gasteiger partial charge in [-0.25, -0.2) is 0 Å². The number of anilines is 1. The zero-order valence-corrected chi connectivity index (χ0v) is 14.2. The first-order valence-electron chi connectivity index (χ1n) is 8.00. The van der Waals surface area contributed by atoms with Crippen LogP contribution in [0, 0.1) is 0 Å². The molecule has 0 fully saturated rings. The van der Waals surface area contributed by atoms with Crippen LogP contribution < -0.4 is 16.0 Å². The fraction of sp³-hybridized carbons (Fsp3) is 0.222. The topological polar surface area (TPSA) is 120 Å². The normalized spacial score (nSPS) is 11.3. The number of rotatable bonds is 6. The van der Waals surface area contributed by atoms with Crippen LogP contribution in [0.3, 0.4) is 0 Å². The maximum atomic E-state index is 12.4. The molecule has 0 saturated carbocycles. The van der Waals surface area contributed by atoms with Gasteiger partial charge >= 0.3 is 11.8 Å². The van der Waals surface area contributed by atoms with E-state index < -0.39 is 17.9 Å². The summed E-state index contributed by atoms with van der Waals surface area (Å²) in [5.74, 6) is -2.19. The van der Waals surface area contributed by atoms with Gasteiger partial charge in [0.25, 0.3) is 5.91 Å². The number of hydrogen-bond acceptors (Lipinski definition) is 5. The van der Waals surface area contributed by atoms with Crippen molar-refractivity contribution < 1.29 is 19.5 Å². The summed E-state index contributed by atoms with van der Waals surface area (Å²) in [7, 11) is 0. The van der Waals surface area contributed by atoms with Crippen LogP contribution >= 0.6 is 0 Å². The summed E-state index contributed by atoms with van der Waals surface area (Å²) in [6.45, 7) is 1.75. The summed E-state index contributed by atoms with van der Waals surface area (Å²) in [6.07, 6.45) is 2.49. The van der Waals surface area contributed by atoms with Crippen LogP contribution in [0.25, 0.3) is 0 Å². The third kappa shape index (κ3) is 5.67. The highest BCUT2D eigenvalue weighted by Crippen LogP contribution is 2.15. The Bertz CT molecular complexity index is 778. The first-order chi connectivity index (χ1) is 12.5. The summed E-state index contributed by atoms with van der Waals surface area (Å²) in [4.78, 5) is 39.9. The van der Waals surface area contributed by atoms with Crippen molar-refractivity contribution in [1.29, 1.82) is 0 Å². The lowest BCUT2D eigenvalue weighted by Gasteiger charge is -2.12. The Morgan fingerprint density at radius 2 is 1.73 bits per heavy atom. The number of nitrogens with one attached hydrogen (secondary N) is 3. The predicted octanol–water partition coefficient (Wildman–Crippen LogP) is 0.447. The molecule has 0 radical (unpaired) electrons. The van der Waals surface area contributed by atoms with Crippen molar-refractivity contribution in [2.75, 3.05) is 11.9 Å². The smallest absolute Gasteiger partial charge is 0.313 e. The fourth-order valence-electron chi connectivity index (χ4n) is 2.07. The number of nitrogens with zero attached hydrogens (tertiary/aromatic N) is 1. The number of hydrogen-bond donors (Lipinski definition) is 4. The maximum absolute atomic E-state index is 12.4. The Kier molecular flexibility index (Phi) is 6.81. The highest BCUT2D eigenvalue weighted by Gasteiger charge is 2.18. The minimum atomic E-state index is -0.917. The van der Waals surface area contributed by atoms with Crippen molar-refractivity contribution in [3.05, 3.63) is 59.9 Å². The van der Waals surface area contributed by atoms with Crippen molar-refractivity contribution in [2.24, 2.45) is 0 Å². The Morgan fingerprint density at radius 1 is 1.04 bits per heavy atom. The van der Waals surface area contributed by atoms with Gasteiger partial charge in [-0.2, -0.15) is 0 Å². The van der Waals surface area contributed by atoms with Crippen LogP contribution in [0.2, 0.25) is 0 Å². The van der Waals surface area contributed by atoms with Crippen molar-refractivity contribution in [3.8, 4) is 0 Å². The van der Waals surface area contributed by atoms with Gasteiger partial charge in [-0.3, -0.25) is 19.4 Å². The predicted molar refractivity (Wildman–Crippen MR) is 95.2 cm³/mol. The summed E-state index contributed by atoms with van der Waals surface area (Å²) in [5, 5.41) is 16.6. The first kappa shape index (κ1) is 19.1. The second-order valence-electron chi connectivity index (χ2n) is 5.60. The van der Waals surface area contributed by atoms with Crippen molar-refractivity contribution >= 4 is 23.4 Å². The monoisotopic (exact) mass is 356 g/mol. The maximum Gasteiger partial charge on any atom is 0.313 e. The molecule has 4 N–H and O–H groups in total. The molecule has 0 aliphatic carbocycles. The van der Waals surface area contributed by atoms with Gasteiger partial charge in [-0.15, -0.1) is 0 Å². The van der Waals surface area contributed by atoms with E-state index in [1.54, 1.807) is 42.7 Å². The number of aliphatic hydroxyl groups is 1. The minimum absolute atomic E-state index is 0.0414. The largest absolute Gasteiger partial charge is 0.392 e. The van der Waals surface area contributed by atoms with Gasteiger partial charge in [0.2, 0.25) is 0 Å². The zero-order valence-electron chi connectivity index (χ0n) is 14.2. The average Bonchev–Trinajstić information content (AvgIpc) is 2.65. The van der Waals surface area contributed by atoms with Gasteiger partial charge < -0.3 is 21.1 Å². The number of para-hydroxylation sites is 1. The molecule has 0 spiro atoms. The van der Waals surface area contributed by atoms with Crippen LogP contribution in [0.15, 0.2) is 48.8 Å². The van der Waals surface area contributed by atoms with E-state index in [1.165, 1.54) is 13.0 Å². The lowest BCUT2D eigenvalue weighted by molar-refractivity contribution is -0.136. The second kappa shape index (κ2) is 9.28. The SMILES string of the molecule is CC(O)CNC(=O)C(=O)Nc1ccccc1C(=O)NCc1ccncc1. The van der Waals surface area contributed by atoms with E-state index >= 15 is 0 Å². The van der Waals surface area contributed by atoms with Crippen LogP contribution in [-0.2, 0) is 16.1 Å². The third-order valence-corrected chi connectivity index (χ3v) is 3.39. The Morgan fingerprint density at radius 3 is 2.42 bits per heavy atom. The molecule has 2 rings (SSSR count). The Labute approximate surface area is 150 Å². The van der Waals surface area contributed by atoms with E-state index in [0.29, 0.717) is 6.54 Å². The molecule has 136 valence electrons. The molecule has 0 bridgehead atoms. The van der Waals surface area contributed by atoms with Crippen molar-refractivity contribution in [1.82, 2.24) is 15.6 Å². The van der Waals surface area contributed by atoms with Gasteiger partial charge in [0, 0.05) is 25.5 Å². The highest BCUT2D eigenvalue weighted by molar-refractivity contribution is 6.40. The Hall–Kier alpha value is -3.26. The molecular formula is C18H20N4O4. The summed E-state index contributed by atoms with van der Waals surface area (Å²) >= 11 is 0. The third-order valence-electron chi connectivity index (χ3n) is 3.39. The molecule has 26 heavy (non-hydrogen) atoms. The molecule has 0 saturated heterocycles. The van der Waals surface area contributed by atoms with E-state index in [9.17, 15) is 14.4 Å². The minimum Gasteiger partial charge on any atom is -0.392 e. The molecular weight excluding hydrogens is 336 g/mol. The molecule has 1 aromatic carbocycles. The molecule has 3 amide bonds. The lowest BCUT2D eigenvalue weighted by atomic mass is 10.1. The van der Waals surface area contributed by atoms with Crippen LogP contribution in [-0.4, -0.2) is 40.5 Å². The second-order valence-corrected chi connectivity index (χ2v) is 5.60. The number of amides is 3. The van der Waals surface area contributed by atoms with Gasteiger partial charge in [0.1, 0.15) is 0 Å². The molecule has 1 aromatic heterocycles. The average molecular weight is 356 g/mol. The molecule has 1 unspecified atom stereocenters.